The standard InChI is InChI=1S/C11H16N2O2S/c1-13(2)11(15)10-8-9(4-5-12-10)16-7-3-6-14/h4-5,8,14H,3,6-7H2,1-2H3. The van der Waals surface area contributed by atoms with Crippen LogP contribution in [0.4, 0.5) is 0 Å². The van der Waals surface area contributed by atoms with Crippen LogP contribution in [0.3, 0.4) is 0 Å². The first kappa shape index (κ1) is 13.0. The molecule has 0 aliphatic rings. The summed E-state index contributed by atoms with van der Waals surface area (Å²) in [4.78, 5) is 18.2. The lowest BCUT2D eigenvalue weighted by atomic mass is 10.3. The van der Waals surface area contributed by atoms with Gasteiger partial charge in [0, 0.05) is 37.5 Å². The van der Waals surface area contributed by atoms with E-state index in [9.17, 15) is 4.79 Å². The molecule has 0 aliphatic heterocycles. The second-order valence-electron chi connectivity index (χ2n) is 3.50. The molecule has 88 valence electrons. The third-order valence-corrected chi connectivity index (χ3v) is 3.01. The summed E-state index contributed by atoms with van der Waals surface area (Å²) < 4.78 is 0. The summed E-state index contributed by atoms with van der Waals surface area (Å²) in [6, 6.07) is 3.65. The smallest absolute Gasteiger partial charge is 0.271 e. The van der Waals surface area contributed by atoms with Gasteiger partial charge in [0.25, 0.3) is 5.91 Å². The molecule has 4 nitrogen and oxygen atoms in total. The molecule has 1 rings (SSSR count). The summed E-state index contributed by atoms with van der Waals surface area (Å²) >= 11 is 1.62. The number of nitrogens with zero attached hydrogens (tertiary/aromatic N) is 2. The van der Waals surface area contributed by atoms with Crippen molar-refractivity contribution < 1.29 is 9.90 Å². The number of carbonyl (C=O) groups is 1. The molecule has 1 N–H and O–H groups in total. The van der Waals surface area contributed by atoms with Gasteiger partial charge in [-0.05, 0) is 18.6 Å². The van der Waals surface area contributed by atoms with Crippen molar-refractivity contribution in [3.63, 3.8) is 0 Å². The van der Waals surface area contributed by atoms with Gasteiger partial charge in [0.2, 0.25) is 0 Å². The summed E-state index contributed by atoms with van der Waals surface area (Å²) in [6.45, 7) is 0.196. The fraction of sp³-hybridized carbons (Fsp3) is 0.455. The van der Waals surface area contributed by atoms with E-state index in [1.54, 1.807) is 38.1 Å². The summed E-state index contributed by atoms with van der Waals surface area (Å²) in [7, 11) is 3.41. The molecule has 0 atom stereocenters. The molecule has 0 aliphatic carbocycles. The predicted octanol–water partition coefficient (Wildman–Crippen LogP) is 1.26. The van der Waals surface area contributed by atoms with Crippen LogP contribution in [0, 0.1) is 0 Å². The van der Waals surface area contributed by atoms with Gasteiger partial charge in [0.15, 0.2) is 0 Å². The van der Waals surface area contributed by atoms with Crippen molar-refractivity contribution in [2.75, 3.05) is 26.5 Å². The highest BCUT2D eigenvalue weighted by Gasteiger charge is 2.09. The Balaban J connectivity index is 2.67. The number of rotatable bonds is 5. The van der Waals surface area contributed by atoms with Gasteiger partial charge in [-0.1, -0.05) is 0 Å². The van der Waals surface area contributed by atoms with Gasteiger partial charge in [-0.25, -0.2) is 0 Å². The molecule has 0 fully saturated rings. The Morgan fingerprint density at radius 2 is 2.31 bits per heavy atom. The van der Waals surface area contributed by atoms with Crippen molar-refractivity contribution in [3.8, 4) is 0 Å². The molecule has 0 radical (unpaired) electrons. The largest absolute Gasteiger partial charge is 0.396 e. The average molecular weight is 240 g/mol. The van der Waals surface area contributed by atoms with Gasteiger partial charge in [-0.2, -0.15) is 0 Å². The summed E-state index contributed by atoms with van der Waals surface area (Å²) in [5.74, 6) is 0.750. The van der Waals surface area contributed by atoms with E-state index < -0.39 is 0 Å². The van der Waals surface area contributed by atoms with E-state index in [4.69, 9.17) is 5.11 Å². The third-order valence-electron chi connectivity index (χ3n) is 1.93. The number of aromatic nitrogens is 1. The Morgan fingerprint density at radius 3 is 2.94 bits per heavy atom. The van der Waals surface area contributed by atoms with E-state index in [0.29, 0.717) is 5.69 Å². The van der Waals surface area contributed by atoms with Crippen molar-refractivity contribution in [1.82, 2.24) is 9.88 Å². The van der Waals surface area contributed by atoms with Crippen LogP contribution in [-0.4, -0.2) is 47.4 Å². The molecule has 0 aromatic carbocycles. The first-order chi connectivity index (χ1) is 7.65. The maximum absolute atomic E-state index is 11.6. The molecule has 5 heteroatoms. The van der Waals surface area contributed by atoms with E-state index in [0.717, 1.165) is 17.1 Å². The number of amides is 1. The summed E-state index contributed by atoms with van der Waals surface area (Å²) in [5.41, 5.74) is 0.457. The molecular weight excluding hydrogens is 224 g/mol. The summed E-state index contributed by atoms with van der Waals surface area (Å²) in [5, 5.41) is 8.67. The van der Waals surface area contributed by atoms with Crippen molar-refractivity contribution in [1.29, 1.82) is 0 Å². The van der Waals surface area contributed by atoms with Crippen LogP contribution in [0.5, 0.6) is 0 Å². The quantitative estimate of drug-likeness (QED) is 0.622. The van der Waals surface area contributed by atoms with Crippen molar-refractivity contribution in [3.05, 3.63) is 24.0 Å². The Labute approximate surface area is 99.7 Å². The number of carbonyl (C=O) groups excluding carboxylic acids is 1. The fourth-order valence-electron chi connectivity index (χ4n) is 1.10. The Bertz CT molecular complexity index is 356. The third kappa shape index (κ3) is 3.83. The van der Waals surface area contributed by atoms with Crippen molar-refractivity contribution in [2.24, 2.45) is 0 Å². The summed E-state index contributed by atoms with van der Waals surface area (Å²) in [6.07, 6.45) is 2.39. The number of pyridine rings is 1. The second kappa shape index (κ2) is 6.50. The van der Waals surface area contributed by atoms with Gasteiger partial charge in [-0.15, -0.1) is 11.8 Å². The normalized spacial score (nSPS) is 10.2. The van der Waals surface area contributed by atoms with E-state index in [1.165, 1.54) is 4.90 Å². The number of aliphatic hydroxyl groups is 1. The maximum Gasteiger partial charge on any atom is 0.271 e. The van der Waals surface area contributed by atoms with Crippen LogP contribution in [0.15, 0.2) is 23.2 Å². The molecule has 1 heterocycles. The Hall–Kier alpha value is -1.07. The molecule has 0 saturated carbocycles. The first-order valence-electron chi connectivity index (χ1n) is 5.06. The Morgan fingerprint density at radius 1 is 1.56 bits per heavy atom. The van der Waals surface area contributed by atoms with Gasteiger partial charge in [0.1, 0.15) is 5.69 Å². The number of aliphatic hydroxyl groups excluding tert-OH is 1. The minimum atomic E-state index is -0.0930. The van der Waals surface area contributed by atoms with Crippen LogP contribution in [0.25, 0.3) is 0 Å². The molecule has 0 spiro atoms. The first-order valence-corrected chi connectivity index (χ1v) is 6.05. The SMILES string of the molecule is CN(C)C(=O)c1cc(SCCCO)ccn1. The lowest BCUT2D eigenvalue weighted by molar-refractivity contribution is 0.0821. The van der Waals surface area contributed by atoms with Crippen molar-refractivity contribution >= 4 is 17.7 Å². The lowest BCUT2D eigenvalue weighted by Gasteiger charge is -2.09. The van der Waals surface area contributed by atoms with Gasteiger partial charge in [-0.3, -0.25) is 9.78 Å². The topological polar surface area (TPSA) is 53.4 Å². The Kier molecular flexibility index (Phi) is 5.28. The van der Waals surface area contributed by atoms with E-state index in [1.807, 2.05) is 6.07 Å². The van der Waals surface area contributed by atoms with Crippen LogP contribution in [0.2, 0.25) is 0 Å². The van der Waals surface area contributed by atoms with E-state index in [2.05, 4.69) is 4.98 Å². The zero-order chi connectivity index (χ0) is 12.0. The highest BCUT2D eigenvalue weighted by molar-refractivity contribution is 7.99. The predicted molar refractivity (Wildman–Crippen MR) is 64.7 cm³/mol. The number of hydrogen-bond acceptors (Lipinski definition) is 4. The zero-order valence-electron chi connectivity index (χ0n) is 9.51. The van der Waals surface area contributed by atoms with Crippen LogP contribution in [0.1, 0.15) is 16.9 Å². The fourth-order valence-corrected chi connectivity index (χ4v) is 1.96. The average Bonchev–Trinajstić information content (AvgIpc) is 2.29. The second-order valence-corrected chi connectivity index (χ2v) is 4.67. The molecule has 0 bridgehead atoms. The van der Waals surface area contributed by atoms with Crippen LogP contribution >= 0.6 is 11.8 Å². The number of thioether (sulfide) groups is 1. The van der Waals surface area contributed by atoms with Gasteiger partial charge < -0.3 is 10.0 Å². The molecule has 1 amide bonds. The zero-order valence-corrected chi connectivity index (χ0v) is 10.3. The highest BCUT2D eigenvalue weighted by Crippen LogP contribution is 2.18. The van der Waals surface area contributed by atoms with Gasteiger partial charge in [0.05, 0.1) is 0 Å². The monoisotopic (exact) mass is 240 g/mol. The molecule has 0 unspecified atom stereocenters. The van der Waals surface area contributed by atoms with E-state index in [-0.39, 0.29) is 12.5 Å². The molecular formula is C11H16N2O2S. The van der Waals surface area contributed by atoms with Gasteiger partial charge >= 0.3 is 0 Å². The van der Waals surface area contributed by atoms with Crippen LogP contribution in [-0.2, 0) is 0 Å². The highest BCUT2D eigenvalue weighted by atomic mass is 32.2. The molecule has 1 aromatic rings. The van der Waals surface area contributed by atoms with E-state index >= 15 is 0 Å². The lowest BCUT2D eigenvalue weighted by Crippen LogP contribution is -2.22. The van der Waals surface area contributed by atoms with Crippen molar-refractivity contribution in [2.45, 2.75) is 11.3 Å². The molecule has 1 aromatic heterocycles. The minimum Gasteiger partial charge on any atom is -0.396 e. The minimum absolute atomic E-state index is 0.0930. The molecule has 16 heavy (non-hydrogen) atoms. The van der Waals surface area contributed by atoms with Crippen LogP contribution < -0.4 is 0 Å². The molecule has 0 saturated heterocycles. The maximum atomic E-state index is 11.6. The number of hydrogen-bond donors (Lipinski definition) is 1.